The molecule has 1 amide bonds. The lowest BCUT2D eigenvalue weighted by Gasteiger charge is -2.14. The monoisotopic (exact) mass is 396 g/mol. The van der Waals surface area contributed by atoms with E-state index in [9.17, 15) is 14.4 Å². The van der Waals surface area contributed by atoms with Crippen molar-refractivity contribution in [3.05, 3.63) is 40.6 Å². The number of carbonyl (C=O) groups is 3. The smallest absolute Gasteiger partial charge is 0.347 e. The van der Waals surface area contributed by atoms with Gasteiger partial charge in [-0.15, -0.1) is 0 Å². The number of ether oxygens (including phenoxy) is 2. The Balaban J connectivity index is 3.15. The second-order valence-corrected chi connectivity index (χ2v) is 6.52. The van der Waals surface area contributed by atoms with Crippen molar-refractivity contribution in [2.75, 3.05) is 11.9 Å². The number of benzene rings is 1. The summed E-state index contributed by atoms with van der Waals surface area (Å²) >= 11 is 6.27. The molecular formula is C19H25ClN2O5. The Morgan fingerprint density at radius 1 is 1.07 bits per heavy atom. The molecule has 0 radical (unpaired) electrons. The van der Waals surface area contributed by atoms with Crippen LogP contribution < -0.4 is 10.6 Å². The highest BCUT2D eigenvalue weighted by Gasteiger charge is 2.24. The zero-order valence-electron chi connectivity index (χ0n) is 16.1. The van der Waals surface area contributed by atoms with Gasteiger partial charge < -0.3 is 20.1 Å². The first-order chi connectivity index (χ1) is 12.7. The molecule has 7 nitrogen and oxygen atoms in total. The van der Waals surface area contributed by atoms with E-state index in [0.29, 0.717) is 12.2 Å². The van der Waals surface area contributed by atoms with Gasteiger partial charge in [0.2, 0.25) is 0 Å². The van der Waals surface area contributed by atoms with Crippen LogP contribution in [0.25, 0.3) is 0 Å². The van der Waals surface area contributed by atoms with E-state index in [0.717, 1.165) is 6.20 Å². The number of nitrogens with one attached hydrogen (secondary N) is 2. The van der Waals surface area contributed by atoms with Crippen LogP contribution >= 0.6 is 11.6 Å². The molecule has 0 heterocycles. The summed E-state index contributed by atoms with van der Waals surface area (Å²) in [5.41, 5.74) is 0.317. The Hall–Kier alpha value is -2.54. The molecule has 0 aliphatic carbocycles. The van der Waals surface area contributed by atoms with Gasteiger partial charge in [-0.3, -0.25) is 4.79 Å². The van der Waals surface area contributed by atoms with Crippen LogP contribution in [0.2, 0.25) is 5.02 Å². The Morgan fingerprint density at radius 2 is 1.63 bits per heavy atom. The molecule has 0 bridgehead atoms. The van der Waals surface area contributed by atoms with Crippen LogP contribution in [0.15, 0.2) is 30.0 Å². The topological polar surface area (TPSA) is 93.7 Å². The van der Waals surface area contributed by atoms with Crippen molar-refractivity contribution in [1.82, 2.24) is 5.32 Å². The minimum Gasteiger partial charge on any atom is -0.459 e. The molecule has 1 rings (SSSR count). The first-order valence-corrected chi connectivity index (χ1v) is 9.00. The van der Waals surface area contributed by atoms with Gasteiger partial charge in [0.25, 0.3) is 5.91 Å². The molecule has 1 aromatic rings. The Bertz CT molecular complexity index is 705. The summed E-state index contributed by atoms with van der Waals surface area (Å²) in [6, 6.07) is 4.81. The van der Waals surface area contributed by atoms with Crippen molar-refractivity contribution < 1.29 is 23.9 Å². The summed E-state index contributed by atoms with van der Waals surface area (Å²) in [5, 5.41) is 5.60. The highest BCUT2D eigenvalue weighted by Crippen LogP contribution is 2.26. The van der Waals surface area contributed by atoms with Gasteiger partial charge in [0.05, 0.1) is 28.5 Å². The minimum atomic E-state index is -0.820. The lowest BCUT2D eigenvalue weighted by atomic mass is 10.2. The first-order valence-electron chi connectivity index (χ1n) is 8.62. The lowest BCUT2D eigenvalue weighted by Crippen LogP contribution is -2.24. The summed E-state index contributed by atoms with van der Waals surface area (Å²) in [5.74, 6) is -1.97. The molecule has 2 N–H and O–H groups in total. The van der Waals surface area contributed by atoms with Crippen molar-refractivity contribution in [3.63, 3.8) is 0 Å². The molecule has 0 atom stereocenters. The number of amides is 1. The van der Waals surface area contributed by atoms with Crippen LogP contribution in [0.4, 0.5) is 5.69 Å². The summed E-state index contributed by atoms with van der Waals surface area (Å²) in [4.78, 5) is 36.5. The number of anilines is 1. The van der Waals surface area contributed by atoms with Gasteiger partial charge in [-0.25, -0.2) is 9.59 Å². The van der Waals surface area contributed by atoms with Gasteiger partial charge in [-0.1, -0.05) is 17.7 Å². The SMILES string of the molecule is CCNC(=O)c1cccc(NC=C(C(=O)OC(C)C)C(=O)OC(C)C)c1Cl. The Labute approximate surface area is 164 Å². The zero-order chi connectivity index (χ0) is 20.6. The van der Waals surface area contributed by atoms with Crippen LogP contribution in [-0.4, -0.2) is 36.6 Å². The van der Waals surface area contributed by atoms with E-state index in [1.165, 1.54) is 0 Å². The molecule has 148 valence electrons. The maximum Gasteiger partial charge on any atom is 0.347 e. The third-order valence-corrected chi connectivity index (χ3v) is 3.49. The van der Waals surface area contributed by atoms with Crippen LogP contribution in [0.3, 0.4) is 0 Å². The second-order valence-electron chi connectivity index (χ2n) is 6.14. The average Bonchev–Trinajstić information content (AvgIpc) is 2.55. The highest BCUT2D eigenvalue weighted by molar-refractivity contribution is 6.36. The normalized spacial score (nSPS) is 10.4. The Morgan fingerprint density at radius 3 is 2.11 bits per heavy atom. The van der Waals surface area contributed by atoms with Crippen molar-refractivity contribution in [2.45, 2.75) is 46.8 Å². The largest absolute Gasteiger partial charge is 0.459 e. The number of esters is 2. The molecule has 0 unspecified atom stereocenters. The van der Waals surface area contributed by atoms with E-state index in [1.807, 2.05) is 0 Å². The maximum atomic E-state index is 12.2. The fourth-order valence-electron chi connectivity index (χ4n) is 1.98. The minimum absolute atomic E-state index is 0.161. The van der Waals surface area contributed by atoms with E-state index in [1.54, 1.807) is 52.8 Å². The van der Waals surface area contributed by atoms with Crippen LogP contribution in [0.1, 0.15) is 45.0 Å². The third-order valence-electron chi connectivity index (χ3n) is 3.08. The predicted molar refractivity (Wildman–Crippen MR) is 104 cm³/mol. The zero-order valence-corrected chi connectivity index (χ0v) is 16.8. The fourth-order valence-corrected chi connectivity index (χ4v) is 2.25. The van der Waals surface area contributed by atoms with Gasteiger partial charge >= 0.3 is 11.9 Å². The quantitative estimate of drug-likeness (QED) is 0.303. The molecule has 0 saturated carbocycles. The number of halogens is 1. The molecule has 8 heteroatoms. The van der Waals surface area contributed by atoms with Crippen LogP contribution in [0, 0.1) is 0 Å². The molecule has 1 aromatic carbocycles. The number of hydrogen-bond donors (Lipinski definition) is 2. The second kappa shape index (κ2) is 10.6. The van der Waals surface area contributed by atoms with E-state index in [4.69, 9.17) is 21.1 Å². The van der Waals surface area contributed by atoms with Crippen molar-refractivity contribution in [1.29, 1.82) is 0 Å². The molecule has 0 aliphatic rings. The molecule has 0 aromatic heterocycles. The van der Waals surface area contributed by atoms with Crippen molar-refractivity contribution >= 4 is 35.1 Å². The predicted octanol–water partition coefficient (Wildman–Crippen LogP) is 3.29. The molecule has 0 saturated heterocycles. The molecular weight excluding hydrogens is 372 g/mol. The van der Waals surface area contributed by atoms with Crippen LogP contribution in [-0.2, 0) is 19.1 Å². The summed E-state index contributed by atoms with van der Waals surface area (Å²) in [7, 11) is 0. The third kappa shape index (κ3) is 6.94. The molecule has 27 heavy (non-hydrogen) atoms. The molecule has 0 aliphatic heterocycles. The van der Waals surface area contributed by atoms with E-state index < -0.39 is 24.1 Å². The van der Waals surface area contributed by atoms with Gasteiger partial charge in [-0.2, -0.15) is 0 Å². The van der Waals surface area contributed by atoms with Crippen molar-refractivity contribution in [3.8, 4) is 0 Å². The van der Waals surface area contributed by atoms with Gasteiger partial charge in [0.15, 0.2) is 5.57 Å². The summed E-state index contributed by atoms with van der Waals surface area (Å²) in [6.07, 6.45) is 0.354. The number of rotatable bonds is 8. The number of hydrogen-bond acceptors (Lipinski definition) is 6. The fraction of sp³-hybridized carbons (Fsp3) is 0.421. The van der Waals surface area contributed by atoms with E-state index in [2.05, 4.69) is 10.6 Å². The van der Waals surface area contributed by atoms with E-state index >= 15 is 0 Å². The van der Waals surface area contributed by atoms with Gasteiger partial charge in [0.1, 0.15) is 0 Å². The molecule has 0 spiro atoms. The highest BCUT2D eigenvalue weighted by atomic mass is 35.5. The summed E-state index contributed by atoms with van der Waals surface area (Å²) in [6.45, 7) is 8.93. The van der Waals surface area contributed by atoms with Gasteiger partial charge in [0, 0.05) is 12.7 Å². The van der Waals surface area contributed by atoms with E-state index in [-0.39, 0.29) is 22.1 Å². The Kier molecular flexibility index (Phi) is 8.81. The van der Waals surface area contributed by atoms with Gasteiger partial charge in [-0.05, 0) is 46.8 Å². The maximum absolute atomic E-state index is 12.2. The average molecular weight is 397 g/mol. The number of carbonyl (C=O) groups excluding carboxylic acids is 3. The van der Waals surface area contributed by atoms with Crippen molar-refractivity contribution in [2.24, 2.45) is 0 Å². The van der Waals surface area contributed by atoms with Crippen LogP contribution in [0.5, 0.6) is 0 Å². The molecule has 0 fully saturated rings. The summed E-state index contributed by atoms with van der Waals surface area (Å²) < 4.78 is 10.2. The lowest BCUT2D eigenvalue weighted by molar-refractivity contribution is -0.150. The first kappa shape index (κ1) is 22.5. The standard InChI is InChI=1S/C19H25ClN2O5/c1-6-21-17(23)13-8-7-9-15(16(13)20)22-10-14(18(24)26-11(2)3)19(25)27-12(4)5/h7-12,22H,6H2,1-5H3,(H,21,23).